The lowest BCUT2D eigenvalue weighted by Gasteiger charge is -2.07. The molecule has 3 aromatic rings. The maximum atomic E-state index is 13.9. The van der Waals surface area contributed by atoms with Gasteiger partial charge in [0, 0.05) is 12.3 Å². The predicted octanol–water partition coefficient (Wildman–Crippen LogP) is 3.27. The third-order valence-corrected chi connectivity index (χ3v) is 3.02. The molecular weight excluding hydrogens is 282 g/mol. The average molecular weight is 290 g/mol. The van der Waals surface area contributed by atoms with Crippen molar-refractivity contribution < 1.29 is 8.78 Å². The topological polar surface area (TPSA) is 46.5 Å². The molecule has 0 aliphatic rings. The molecule has 2 heterocycles. The number of aromatic amines is 1. The van der Waals surface area contributed by atoms with Crippen LogP contribution in [0.2, 0.25) is 0 Å². The summed E-state index contributed by atoms with van der Waals surface area (Å²) in [6.45, 7) is 0. The molecule has 7 heteroatoms. The van der Waals surface area contributed by atoms with Crippen LogP contribution < -0.4 is 0 Å². The number of hydrogen-bond donors (Lipinski definition) is 1. The zero-order valence-corrected chi connectivity index (χ0v) is 10.9. The molecule has 0 atom stereocenters. The molecule has 0 unspecified atom stereocenters. The number of hydrogen-bond acceptors (Lipinski definition) is 3. The fourth-order valence-electron chi connectivity index (χ4n) is 1.87. The van der Waals surface area contributed by atoms with Crippen molar-refractivity contribution in [2.75, 3.05) is 0 Å². The lowest BCUT2D eigenvalue weighted by Crippen LogP contribution is -1.99. The Bertz CT molecular complexity index is 811. The number of pyridine rings is 1. The van der Waals surface area contributed by atoms with Crippen molar-refractivity contribution in [3.63, 3.8) is 0 Å². The molecule has 100 valence electrons. The van der Waals surface area contributed by atoms with Gasteiger partial charge >= 0.3 is 0 Å². The van der Waals surface area contributed by atoms with Crippen molar-refractivity contribution in [1.29, 1.82) is 0 Å². The zero-order chi connectivity index (χ0) is 14.1. The van der Waals surface area contributed by atoms with Crippen LogP contribution in [0.1, 0.15) is 0 Å². The van der Waals surface area contributed by atoms with Crippen LogP contribution in [0.5, 0.6) is 0 Å². The summed E-state index contributed by atoms with van der Waals surface area (Å²) in [4.78, 5) is 3.99. The van der Waals surface area contributed by atoms with Gasteiger partial charge in [0.25, 0.3) is 0 Å². The summed E-state index contributed by atoms with van der Waals surface area (Å²) in [5.41, 5.74) is 0.799. The smallest absolute Gasteiger partial charge is 0.200 e. The van der Waals surface area contributed by atoms with Gasteiger partial charge in [-0.1, -0.05) is 0 Å². The van der Waals surface area contributed by atoms with Crippen molar-refractivity contribution in [3.8, 4) is 17.1 Å². The molecule has 20 heavy (non-hydrogen) atoms. The first-order chi connectivity index (χ1) is 9.66. The highest BCUT2D eigenvalue weighted by atomic mass is 32.1. The van der Waals surface area contributed by atoms with Crippen LogP contribution in [-0.4, -0.2) is 19.7 Å². The van der Waals surface area contributed by atoms with Gasteiger partial charge in [-0.2, -0.15) is 5.10 Å². The predicted molar refractivity (Wildman–Crippen MR) is 71.9 cm³/mol. The van der Waals surface area contributed by atoms with Crippen LogP contribution in [0.15, 0.2) is 42.7 Å². The van der Waals surface area contributed by atoms with E-state index in [1.54, 1.807) is 29.1 Å². The Morgan fingerprint density at radius 2 is 2.05 bits per heavy atom. The fourth-order valence-corrected chi connectivity index (χ4v) is 2.11. The van der Waals surface area contributed by atoms with E-state index in [0.29, 0.717) is 10.5 Å². The Hall–Kier alpha value is -2.41. The first-order valence-electron chi connectivity index (χ1n) is 5.70. The van der Waals surface area contributed by atoms with E-state index in [-0.39, 0.29) is 11.4 Å². The SMILES string of the molecule is Fc1ccc(-c2n[nH]c(=S)n2-c2cccnc2)c(F)c1. The van der Waals surface area contributed by atoms with Crippen LogP contribution >= 0.6 is 12.2 Å². The highest BCUT2D eigenvalue weighted by Crippen LogP contribution is 2.24. The lowest BCUT2D eigenvalue weighted by atomic mass is 10.2. The minimum absolute atomic E-state index is 0.155. The summed E-state index contributed by atoms with van der Waals surface area (Å²) in [5, 5.41) is 6.61. The van der Waals surface area contributed by atoms with Crippen LogP contribution in [0, 0.1) is 16.4 Å². The minimum Gasteiger partial charge on any atom is -0.266 e. The largest absolute Gasteiger partial charge is 0.266 e. The molecule has 1 N–H and O–H groups in total. The van der Waals surface area contributed by atoms with E-state index < -0.39 is 11.6 Å². The molecule has 4 nitrogen and oxygen atoms in total. The molecule has 1 aromatic carbocycles. The van der Waals surface area contributed by atoms with Gasteiger partial charge in [0.05, 0.1) is 17.4 Å². The monoisotopic (exact) mass is 290 g/mol. The van der Waals surface area contributed by atoms with Gasteiger partial charge < -0.3 is 0 Å². The number of nitrogens with one attached hydrogen (secondary N) is 1. The molecule has 0 fully saturated rings. The second-order valence-corrected chi connectivity index (χ2v) is 4.41. The van der Waals surface area contributed by atoms with E-state index in [1.807, 2.05) is 0 Å². The molecule has 0 spiro atoms. The Labute approximate surface area is 117 Å². The van der Waals surface area contributed by atoms with Gasteiger partial charge in [0.2, 0.25) is 0 Å². The van der Waals surface area contributed by atoms with E-state index in [2.05, 4.69) is 15.2 Å². The summed E-state index contributed by atoms with van der Waals surface area (Å²) in [6.07, 6.45) is 3.20. The van der Waals surface area contributed by atoms with Gasteiger partial charge in [0.15, 0.2) is 10.6 Å². The van der Waals surface area contributed by atoms with E-state index in [9.17, 15) is 8.78 Å². The van der Waals surface area contributed by atoms with Crippen molar-refractivity contribution in [3.05, 3.63) is 59.1 Å². The highest BCUT2D eigenvalue weighted by molar-refractivity contribution is 7.71. The molecule has 0 saturated carbocycles. The average Bonchev–Trinajstić information content (AvgIpc) is 2.81. The van der Waals surface area contributed by atoms with Crippen molar-refractivity contribution >= 4 is 12.2 Å². The zero-order valence-electron chi connectivity index (χ0n) is 10.0. The molecule has 0 radical (unpaired) electrons. The minimum atomic E-state index is -0.704. The number of H-pyrrole nitrogens is 1. The first kappa shape index (κ1) is 12.6. The Morgan fingerprint density at radius 1 is 1.20 bits per heavy atom. The second kappa shape index (κ2) is 4.93. The standard InChI is InChI=1S/C13H8F2N4S/c14-8-3-4-10(11(15)6-8)12-17-18-13(20)19(12)9-2-1-5-16-7-9/h1-7H,(H,18,20). The van der Waals surface area contributed by atoms with E-state index in [1.165, 1.54) is 12.1 Å². The quantitative estimate of drug-likeness (QED) is 0.737. The van der Waals surface area contributed by atoms with Gasteiger partial charge in [0.1, 0.15) is 11.6 Å². The molecule has 3 rings (SSSR count). The molecular formula is C13H8F2N4S. The van der Waals surface area contributed by atoms with Crippen LogP contribution in [0.4, 0.5) is 8.78 Å². The molecule has 0 aliphatic carbocycles. The second-order valence-electron chi connectivity index (χ2n) is 4.02. The molecule has 0 bridgehead atoms. The lowest BCUT2D eigenvalue weighted by molar-refractivity contribution is 0.584. The number of rotatable bonds is 2. The number of halogens is 2. The summed E-state index contributed by atoms with van der Waals surface area (Å²) in [6, 6.07) is 6.80. The molecule has 0 aliphatic heterocycles. The van der Waals surface area contributed by atoms with E-state index in [4.69, 9.17) is 12.2 Å². The van der Waals surface area contributed by atoms with Crippen molar-refractivity contribution in [1.82, 2.24) is 19.7 Å². The Kier molecular flexibility index (Phi) is 3.11. The third-order valence-electron chi connectivity index (χ3n) is 2.75. The molecule has 0 saturated heterocycles. The number of nitrogens with zero attached hydrogens (tertiary/aromatic N) is 3. The fraction of sp³-hybridized carbons (Fsp3) is 0. The summed E-state index contributed by atoms with van der Waals surface area (Å²) >= 11 is 5.14. The van der Waals surface area contributed by atoms with Gasteiger partial charge in [-0.15, -0.1) is 0 Å². The normalized spacial score (nSPS) is 10.7. The maximum absolute atomic E-state index is 13.9. The van der Waals surface area contributed by atoms with E-state index >= 15 is 0 Å². The number of aromatic nitrogens is 4. The van der Waals surface area contributed by atoms with Crippen LogP contribution in [0.3, 0.4) is 0 Å². The summed E-state index contributed by atoms with van der Waals surface area (Å²) < 4.78 is 28.7. The van der Waals surface area contributed by atoms with Gasteiger partial charge in [-0.25, -0.2) is 8.78 Å². The van der Waals surface area contributed by atoms with E-state index in [0.717, 1.165) is 6.07 Å². The summed E-state index contributed by atoms with van der Waals surface area (Å²) in [7, 11) is 0. The Balaban J connectivity index is 2.24. The maximum Gasteiger partial charge on any atom is 0.200 e. The van der Waals surface area contributed by atoms with Crippen molar-refractivity contribution in [2.45, 2.75) is 0 Å². The third kappa shape index (κ3) is 2.12. The van der Waals surface area contributed by atoms with Gasteiger partial charge in [-0.05, 0) is 36.5 Å². The van der Waals surface area contributed by atoms with Crippen LogP contribution in [-0.2, 0) is 0 Å². The number of benzene rings is 1. The molecule has 2 aromatic heterocycles. The first-order valence-corrected chi connectivity index (χ1v) is 6.11. The Morgan fingerprint density at radius 3 is 2.75 bits per heavy atom. The highest BCUT2D eigenvalue weighted by Gasteiger charge is 2.15. The summed E-state index contributed by atoms with van der Waals surface area (Å²) in [5.74, 6) is -1.09. The van der Waals surface area contributed by atoms with Gasteiger partial charge in [-0.3, -0.25) is 14.6 Å². The molecule has 0 amide bonds. The van der Waals surface area contributed by atoms with Crippen LogP contribution in [0.25, 0.3) is 17.1 Å². The van der Waals surface area contributed by atoms with Crippen molar-refractivity contribution in [2.24, 2.45) is 0 Å².